The molecule has 1 amide bonds. The van der Waals surface area contributed by atoms with Gasteiger partial charge in [-0.1, -0.05) is 29.8 Å². The summed E-state index contributed by atoms with van der Waals surface area (Å²) in [6.45, 7) is 4.12. The molecule has 124 valence electrons. The fraction of sp³-hybridized carbons (Fsp3) is 0.533. The van der Waals surface area contributed by atoms with E-state index in [0.717, 1.165) is 30.2 Å². The fourth-order valence-electron chi connectivity index (χ4n) is 2.48. The van der Waals surface area contributed by atoms with Crippen LogP contribution in [0.15, 0.2) is 24.3 Å². The number of hydrogen-bond donors (Lipinski definition) is 1. The summed E-state index contributed by atoms with van der Waals surface area (Å²) in [5.74, 6) is -0.0331. The predicted octanol–water partition coefficient (Wildman–Crippen LogP) is 1.38. The van der Waals surface area contributed by atoms with Crippen LogP contribution < -0.4 is 5.73 Å². The van der Waals surface area contributed by atoms with Crippen molar-refractivity contribution in [2.45, 2.75) is 12.6 Å². The molecule has 22 heavy (non-hydrogen) atoms. The van der Waals surface area contributed by atoms with Gasteiger partial charge in [-0.25, -0.2) is 0 Å². The molecule has 2 N–H and O–H groups in total. The van der Waals surface area contributed by atoms with Crippen LogP contribution in [0.3, 0.4) is 0 Å². The normalized spacial score (nSPS) is 17.0. The number of rotatable bonds is 5. The third kappa shape index (κ3) is 5.11. The second-order valence-electron chi connectivity index (χ2n) is 5.25. The van der Waals surface area contributed by atoms with Gasteiger partial charge in [-0.2, -0.15) is 0 Å². The van der Waals surface area contributed by atoms with Gasteiger partial charge in [0.2, 0.25) is 5.91 Å². The Morgan fingerprint density at radius 2 is 1.95 bits per heavy atom. The van der Waals surface area contributed by atoms with Gasteiger partial charge in [0, 0.05) is 44.9 Å². The van der Waals surface area contributed by atoms with Crippen molar-refractivity contribution in [3.05, 3.63) is 34.9 Å². The Morgan fingerprint density at radius 1 is 1.32 bits per heavy atom. The van der Waals surface area contributed by atoms with Gasteiger partial charge in [0.15, 0.2) is 0 Å². The number of nitrogens with zero attached hydrogens (tertiary/aromatic N) is 2. The zero-order valence-electron chi connectivity index (χ0n) is 12.7. The number of carbonyl (C=O) groups excluding carboxylic acids is 1. The third-order valence-electron chi connectivity index (χ3n) is 3.70. The van der Waals surface area contributed by atoms with Crippen molar-refractivity contribution in [2.24, 2.45) is 5.73 Å². The Morgan fingerprint density at radius 3 is 2.55 bits per heavy atom. The summed E-state index contributed by atoms with van der Waals surface area (Å²) < 4.78 is 4.93. The monoisotopic (exact) mass is 347 g/mol. The minimum absolute atomic E-state index is 0. The van der Waals surface area contributed by atoms with Crippen molar-refractivity contribution in [1.29, 1.82) is 0 Å². The standard InChI is InChI=1S/C15H22ClN3O2.ClH/c1-21-11-14(17)15(20)19-8-6-18(7-9-19)10-12-4-2-3-5-13(12)16;/h2-5,14H,6-11,17H2,1H3;1H. The number of methoxy groups -OCH3 is 1. The summed E-state index contributed by atoms with van der Waals surface area (Å²) in [4.78, 5) is 16.2. The highest BCUT2D eigenvalue weighted by molar-refractivity contribution is 6.31. The summed E-state index contributed by atoms with van der Waals surface area (Å²) in [6, 6.07) is 7.30. The Bertz CT molecular complexity index is 480. The molecule has 0 saturated carbocycles. The summed E-state index contributed by atoms with van der Waals surface area (Å²) in [7, 11) is 1.55. The molecule has 2 rings (SSSR count). The van der Waals surface area contributed by atoms with Gasteiger partial charge in [-0.05, 0) is 11.6 Å². The molecule has 5 nitrogen and oxygen atoms in total. The first-order valence-corrected chi connectivity index (χ1v) is 7.48. The molecule has 0 aliphatic carbocycles. The second kappa shape index (κ2) is 9.33. The molecular weight excluding hydrogens is 325 g/mol. The lowest BCUT2D eigenvalue weighted by atomic mass is 10.2. The summed E-state index contributed by atoms with van der Waals surface area (Å²) in [6.07, 6.45) is 0. The highest BCUT2D eigenvalue weighted by Crippen LogP contribution is 2.18. The molecule has 1 aliphatic rings. The van der Waals surface area contributed by atoms with Crippen molar-refractivity contribution >= 4 is 29.9 Å². The SMILES string of the molecule is COCC(N)C(=O)N1CCN(Cc2ccccc2Cl)CC1.Cl. The van der Waals surface area contributed by atoms with Crippen molar-refractivity contribution in [2.75, 3.05) is 39.9 Å². The van der Waals surface area contributed by atoms with Crippen LogP contribution in [0.1, 0.15) is 5.56 Å². The molecule has 0 aromatic heterocycles. The lowest BCUT2D eigenvalue weighted by Gasteiger charge is -2.36. The number of halogens is 2. The van der Waals surface area contributed by atoms with Crippen LogP contribution in [0.4, 0.5) is 0 Å². The number of ether oxygens (including phenoxy) is 1. The van der Waals surface area contributed by atoms with Crippen molar-refractivity contribution < 1.29 is 9.53 Å². The summed E-state index contributed by atoms with van der Waals surface area (Å²) in [5, 5.41) is 0.790. The molecule has 0 radical (unpaired) electrons. The average molecular weight is 348 g/mol. The van der Waals surface area contributed by atoms with Crippen molar-refractivity contribution in [3.63, 3.8) is 0 Å². The second-order valence-corrected chi connectivity index (χ2v) is 5.66. The van der Waals surface area contributed by atoms with E-state index in [1.54, 1.807) is 7.11 Å². The quantitative estimate of drug-likeness (QED) is 0.874. The van der Waals surface area contributed by atoms with Gasteiger partial charge < -0.3 is 15.4 Å². The number of carbonyl (C=O) groups is 1. The van der Waals surface area contributed by atoms with Crippen molar-refractivity contribution in [1.82, 2.24) is 9.80 Å². The molecule has 1 aromatic carbocycles. The van der Waals surface area contributed by atoms with E-state index in [1.807, 2.05) is 29.2 Å². The third-order valence-corrected chi connectivity index (χ3v) is 4.07. The zero-order valence-corrected chi connectivity index (χ0v) is 14.3. The minimum atomic E-state index is -0.565. The molecule has 1 atom stereocenters. The van der Waals surface area contributed by atoms with Gasteiger partial charge in [0.25, 0.3) is 0 Å². The Balaban J connectivity index is 0.00000242. The maximum absolute atomic E-state index is 12.1. The number of hydrogen-bond acceptors (Lipinski definition) is 4. The lowest BCUT2D eigenvalue weighted by Crippen LogP contribution is -2.53. The molecule has 0 bridgehead atoms. The highest BCUT2D eigenvalue weighted by atomic mass is 35.5. The van der Waals surface area contributed by atoms with E-state index in [-0.39, 0.29) is 24.9 Å². The number of amides is 1. The van der Waals surface area contributed by atoms with Crippen LogP contribution in [-0.4, -0.2) is 61.6 Å². The first kappa shape index (κ1) is 19.2. The Kier molecular flexibility index (Phi) is 8.14. The molecule has 7 heteroatoms. The average Bonchev–Trinajstić information content (AvgIpc) is 2.50. The largest absolute Gasteiger partial charge is 0.383 e. The molecule has 1 aromatic rings. The van der Waals surface area contributed by atoms with Gasteiger partial charge in [0.05, 0.1) is 6.61 Å². The van der Waals surface area contributed by atoms with Crippen molar-refractivity contribution in [3.8, 4) is 0 Å². The van der Waals surface area contributed by atoms with Crippen LogP contribution in [0.25, 0.3) is 0 Å². The van der Waals surface area contributed by atoms with Crippen LogP contribution in [0.5, 0.6) is 0 Å². The predicted molar refractivity (Wildman–Crippen MR) is 90.4 cm³/mol. The molecule has 1 unspecified atom stereocenters. The number of piperazine rings is 1. The van der Waals surface area contributed by atoms with E-state index < -0.39 is 6.04 Å². The fourth-order valence-corrected chi connectivity index (χ4v) is 2.67. The highest BCUT2D eigenvalue weighted by Gasteiger charge is 2.25. The summed E-state index contributed by atoms with van der Waals surface area (Å²) >= 11 is 6.18. The van der Waals surface area contributed by atoms with E-state index in [1.165, 1.54) is 0 Å². The van der Waals surface area contributed by atoms with E-state index in [2.05, 4.69) is 4.90 Å². The number of benzene rings is 1. The van der Waals surface area contributed by atoms with E-state index in [9.17, 15) is 4.79 Å². The molecule has 1 aliphatic heterocycles. The number of nitrogens with two attached hydrogens (primary N) is 1. The maximum atomic E-state index is 12.1. The van der Waals surface area contributed by atoms with Crippen LogP contribution in [-0.2, 0) is 16.1 Å². The maximum Gasteiger partial charge on any atom is 0.241 e. The van der Waals surface area contributed by atoms with E-state index >= 15 is 0 Å². The van der Waals surface area contributed by atoms with E-state index in [0.29, 0.717) is 13.1 Å². The molecular formula is C15H23Cl2N3O2. The zero-order chi connectivity index (χ0) is 15.2. The first-order valence-electron chi connectivity index (χ1n) is 7.11. The Hall–Kier alpha value is -0.850. The van der Waals surface area contributed by atoms with Crippen LogP contribution in [0, 0.1) is 0 Å². The molecule has 1 heterocycles. The van der Waals surface area contributed by atoms with Crippen LogP contribution >= 0.6 is 24.0 Å². The van der Waals surface area contributed by atoms with Crippen LogP contribution in [0.2, 0.25) is 5.02 Å². The topological polar surface area (TPSA) is 58.8 Å². The van der Waals surface area contributed by atoms with E-state index in [4.69, 9.17) is 22.1 Å². The Labute approximate surface area is 142 Å². The lowest BCUT2D eigenvalue weighted by molar-refractivity contribution is -0.135. The van der Waals surface area contributed by atoms with Gasteiger partial charge >= 0.3 is 0 Å². The van der Waals surface area contributed by atoms with Gasteiger partial charge in [-0.3, -0.25) is 9.69 Å². The first-order chi connectivity index (χ1) is 10.1. The molecule has 0 spiro atoms. The van der Waals surface area contributed by atoms with Gasteiger partial charge in [-0.15, -0.1) is 12.4 Å². The van der Waals surface area contributed by atoms with Gasteiger partial charge in [0.1, 0.15) is 6.04 Å². The molecule has 1 fully saturated rings. The minimum Gasteiger partial charge on any atom is -0.383 e. The smallest absolute Gasteiger partial charge is 0.241 e. The summed E-state index contributed by atoms with van der Waals surface area (Å²) in [5.41, 5.74) is 6.91. The molecule has 1 saturated heterocycles.